The first kappa shape index (κ1) is 31.7. The topological polar surface area (TPSA) is 151 Å². The number of nitrogens with zero attached hydrogens (tertiary/aromatic N) is 1. The van der Waals surface area contributed by atoms with Crippen LogP contribution in [0.1, 0.15) is 90.8 Å². The summed E-state index contributed by atoms with van der Waals surface area (Å²) >= 11 is 0. The number of ether oxygens (including phenoxy) is 1. The van der Waals surface area contributed by atoms with Gasteiger partial charge in [0.2, 0.25) is 17.7 Å². The summed E-state index contributed by atoms with van der Waals surface area (Å²) in [5.41, 5.74) is 5.62. The predicted molar refractivity (Wildman–Crippen MR) is 142 cm³/mol. The highest BCUT2D eigenvalue weighted by atomic mass is 16.6. The number of nitrogens with two attached hydrogens (primary N) is 1. The Balaban J connectivity index is 3.52. The number of hydrogen-bond donors (Lipinski definition) is 4. The van der Waals surface area contributed by atoms with Crippen LogP contribution < -0.4 is 16.4 Å². The molecule has 208 valence electrons. The average Bonchev–Trinajstić information content (AvgIpc) is 2.79. The van der Waals surface area contributed by atoms with Crippen molar-refractivity contribution in [3.05, 3.63) is 29.3 Å². The fraction of sp³-hybridized carbons (Fsp3) is 0.630. The fourth-order valence-corrected chi connectivity index (χ4v) is 3.80. The van der Waals surface area contributed by atoms with Crippen LogP contribution in [0.5, 0.6) is 5.75 Å². The summed E-state index contributed by atoms with van der Waals surface area (Å²) in [6.07, 6.45) is 1.86. The van der Waals surface area contributed by atoms with E-state index in [0.29, 0.717) is 24.1 Å². The van der Waals surface area contributed by atoms with E-state index in [1.54, 1.807) is 46.8 Å². The van der Waals surface area contributed by atoms with Crippen LogP contribution in [-0.2, 0) is 19.1 Å². The summed E-state index contributed by atoms with van der Waals surface area (Å²) in [6, 6.07) is 1.86. The van der Waals surface area contributed by atoms with E-state index in [-0.39, 0.29) is 5.75 Å². The minimum atomic E-state index is -1.34. The van der Waals surface area contributed by atoms with Gasteiger partial charge < -0.3 is 31.1 Å². The lowest BCUT2D eigenvalue weighted by molar-refractivity contribution is -0.145. The number of benzene rings is 1. The van der Waals surface area contributed by atoms with Gasteiger partial charge in [-0.2, -0.15) is 0 Å². The first-order chi connectivity index (χ1) is 17.2. The van der Waals surface area contributed by atoms with Crippen molar-refractivity contribution in [1.29, 1.82) is 0 Å². The van der Waals surface area contributed by atoms with Gasteiger partial charge >= 0.3 is 6.09 Å². The molecule has 10 heteroatoms. The molecule has 1 aromatic rings. The van der Waals surface area contributed by atoms with E-state index in [4.69, 9.17) is 10.5 Å². The molecule has 0 aliphatic rings. The van der Waals surface area contributed by atoms with E-state index in [1.807, 2.05) is 6.92 Å². The third-order valence-corrected chi connectivity index (χ3v) is 5.86. The Bertz CT molecular complexity index is 943. The first-order valence-corrected chi connectivity index (χ1v) is 12.9. The molecule has 0 aliphatic heterocycles. The number of carbonyl (C=O) groups is 4. The number of nitrogens with one attached hydrogen (secondary N) is 2. The zero-order valence-electron chi connectivity index (χ0n) is 23.2. The second-order valence-corrected chi connectivity index (χ2v) is 10.3. The molecule has 0 aromatic heterocycles. The zero-order valence-corrected chi connectivity index (χ0v) is 23.2. The molecule has 0 fully saturated rings. The quantitative estimate of drug-likeness (QED) is 0.293. The Morgan fingerprint density at radius 2 is 1.78 bits per heavy atom. The maximum Gasteiger partial charge on any atom is 0.408 e. The molecule has 3 unspecified atom stereocenters. The number of primary amides is 1. The minimum absolute atomic E-state index is 0.0606. The Labute approximate surface area is 220 Å². The zero-order chi connectivity index (χ0) is 28.3. The van der Waals surface area contributed by atoms with Gasteiger partial charge in [0.25, 0.3) is 0 Å². The molecule has 0 saturated carbocycles. The van der Waals surface area contributed by atoms with Gasteiger partial charge in [-0.25, -0.2) is 4.79 Å². The Kier molecular flexibility index (Phi) is 12.4. The number of unbranched alkanes of at least 4 members (excludes halogenated alkanes) is 2. The molecular weight excluding hydrogens is 476 g/mol. The molecule has 0 saturated heterocycles. The van der Waals surface area contributed by atoms with Crippen LogP contribution in [0.3, 0.4) is 0 Å². The highest BCUT2D eigenvalue weighted by molar-refractivity contribution is 5.94. The number of phenolic OH excluding ortho intramolecular Hbond substituents is 1. The van der Waals surface area contributed by atoms with Crippen LogP contribution in [0.2, 0.25) is 0 Å². The third-order valence-electron chi connectivity index (χ3n) is 5.86. The maximum atomic E-state index is 13.9. The number of carbonyl (C=O) groups excluding carboxylic acids is 4. The summed E-state index contributed by atoms with van der Waals surface area (Å²) in [6.45, 7) is 12.9. The van der Waals surface area contributed by atoms with Crippen LogP contribution in [0.25, 0.3) is 0 Å². The minimum Gasteiger partial charge on any atom is -0.508 e. The van der Waals surface area contributed by atoms with Crippen molar-refractivity contribution < 1.29 is 29.0 Å². The number of hydrogen-bond acceptors (Lipinski definition) is 6. The van der Waals surface area contributed by atoms with Gasteiger partial charge in [-0.05, 0) is 70.7 Å². The number of aromatic hydroxyl groups is 1. The normalized spacial score (nSPS) is 13.7. The highest BCUT2D eigenvalue weighted by Crippen LogP contribution is 2.29. The van der Waals surface area contributed by atoms with Crippen molar-refractivity contribution >= 4 is 23.8 Å². The predicted octanol–water partition coefficient (Wildman–Crippen LogP) is 3.44. The summed E-state index contributed by atoms with van der Waals surface area (Å²) in [5, 5.41) is 15.4. The number of alkyl carbamates (subject to hydrolysis) is 1. The van der Waals surface area contributed by atoms with Crippen molar-refractivity contribution in [2.75, 3.05) is 6.54 Å². The van der Waals surface area contributed by atoms with Crippen molar-refractivity contribution in [3.63, 3.8) is 0 Å². The summed E-state index contributed by atoms with van der Waals surface area (Å²) in [7, 11) is 0. The number of aryl methyl sites for hydroxylation is 1. The molecular formula is C27H44N4O6. The van der Waals surface area contributed by atoms with E-state index in [9.17, 15) is 24.3 Å². The molecule has 4 amide bonds. The second-order valence-electron chi connectivity index (χ2n) is 10.3. The second kappa shape index (κ2) is 14.4. The van der Waals surface area contributed by atoms with E-state index >= 15 is 0 Å². The SMILES string of the molecule is CCCCCNC(=O)C(c1ccc(O)c(C)c1)N(C(=O)C(CC(N)=O)NC(=O)OC(C)(C)C)C(C)CC. The molecule has 10 nitrogen and oxygen atoms in total. The van der Waals surface area contributed by atoms with Crippen LogP contribution in [0.15, 0.2) is 18.2 Å². The van der Waals surface area contributed by atoms with Gasteiger partial charge in [-0.1, -0.05) is 32.8 Å². The van der Waals surface area contributed by atoms with Crippen molar-refractivity contribution in [2.45, 2.75) is 104 Å². The Morgan fingerprint density at radius 1 is 1.14 bits per heavy atom. The largest absolute Gasteiger partial charge is 0.508 e. The molecule has 1 aromatic carbocycles. The van der Waals surface area contributed by atoms with Gasteiger partial charge in [-0.3, -0.25) is 14.4 Å². The Hall–Kier alpha value is -3.30. The molecule has 0 heterocycles. The van der Waals surface area contributed by atoms with Crippen molar-refractivity contribution in [2.24, 2.45) is 5.73 Å². The average molecular weight is 521 g/mol. The van der Waals surface area contributed by atoms with E-state index in [2.05, 4.69) is 17.6 Å². The summed E-state index contributed by atoms with van der Waals surface area (Å²) < 4.78 is 5.28. The third kappa shape index (κ3) is 10.3. The van der Waals surface area contributed by atoms with E-state index < -0.39 is 54.0 Å². The van der Waals surface area contributed by atoms with Gasteiger partial charge in [0, 0.05) is 12.6 Å². The molecule has 0 radical (unpaired) electrons. The molecule has 37 heavy (non-hydrogen) atoms. The lowest BCUT2D eigenvalue weighted by Gasteiger charge is -2.38. The van der Waals surface area contributed by atoms with E-state index in [0.717, 1.165) is 19.3 Å². The monoisotopic (exact) mass is 520 g/mol. The van der Waals surface area contributed by atoms with Crippen molar-refractivity contribution in [1.82, 2.24) is 15.5 Å². The Morgan fingerprint density at radius 3 is 2.30 bits per heavy atom. The molecule has 0 aliphatic carbocycles. The first-order valence-electron chi connectivity index (χ1n) is 12.9. The number of phenols is 1. The number of amides is 4. The van der Waals surface area contributed by atoms with Gasteiger partial charge in [-0.15, -0.1) is 0 Å². The van der Waals surface area contributed by atoms with E-state index in [1.165, 1.54) is 11.0 Å². The van der Waals surface area contributed by atoms with Crippen LogP contribution >= 0.6 is 0 Å². The smallest absolute Gasteiger partial charge is 0.408 e. The van der Waals surface area contributed by atoms with Gasteiger partial charge in [0.15, 0.2) is 0 Å². The molecule has 1 rings (SSSR count). The fourth-order valence-electron chi connectivity index (χ4n) is 3.80. The number of rotatable bonds is 13. The maximum absolute atomic E-state index is 13.9. The van der Waals surface area contributed by atoms with Crippen LogP contribution in [0.4, 0.5) is 4.79 Å². The van der Waals surface area contributed by atoms with Crippen LogP contribution in [0, 0.1) is 6.92 Å². The van der Waals surface area contributed by atoms with Crippen LogP contribution in [-0.4, -0.2) is 58.1 Å². The van der Waals surface area contributed by atoms with Gasteiger partial charge in [0.1, 0.15) is 23.4 Å². The summed E-state index contributed by atoms with van der Waals surface area (Å²) in [5.74, 6) is -1.77. The molecule has 5 N–H and O–H groups in total. The van der Waals surface area contributed by atoms with Crippen molar-refractivity contribution in [3.8, 4) is 5.75 Å². The lowest BCUT2D eigenvalue weighted by Crippen LogP contribution is -2.56. The molecule has 3 atom stereocenters. The standard InChI is InChI=1S/C27H44N4O6/c1-8-10-11-14-29-24(34)23(19-12-13-21(32)17(3)15-19)31(18(4)9-2)25(35)20(16-22(28)33)30-26(36)37-27(5,6)7/h12-13,15,18,20,23,32H,8-11,14,16H2,1-7H3,(H2,28,33)(H,29,34)(H,30,36). The summed E-state index contributed by atoms with van der Waals surface area (Å²) in [4.78, 5) is 53.2. The molecule has 0 bridgehead atoms. The highest BCUT2D eigenvalue weighted by Gasteiger charge is 2.39. The molecule has 0 spiro atoms. The lowest BCUT2D eigenvalue weighted by atomic mass is 9.97. The van der Waals surface area contributed by atoms with Gasteiger partial charge in [0.05, 0.1) is 6.42 Å².